The van der Waals surface area contributed by atoms with E-state index in [1.165, 1.54) is 6.42 Å². The molecule has 2 bridgehead atoms. The van der Waals surface area contributed by atoms with Crippen LogP contribution in [0.15, 0.2) is 41.3 Å². The quantitative estimate of drug-likeness (QED) is 0.340. The van der Waals surface area contributed by atoms with Crippen LogP contribution in [0.3, 0.4) is 0 Å². The molecule has 7 heteroatoms. The van der Waals surface area contributed by atoms with Gasteiger partial charge in [0.1, 0.15) is 0 Å². The van der Waals surface area contributed by atoms with Crippen molar-refractivity contribution in [1.82, 2.24) is 0 Å². The van der Waals surface area contributed by atoms with Crippen molar-refractivity contribution in [3.05, 3.63) is 42.0 Å². The second-order valence-corrected chi connectivity index (χ2v) is 10.8. The fourth-order valence-corrected chi connectivity index (χ4v) is 7.04. The van der Waals surface area contributed by atoms with Gasteiger partial charge in [0.05, 0.1) is 11.5 Å². The molecule has 4 atom stereocenters. The van der Waals surface area contributed by atoms with Crippen molar-refractivity contribution in [2.24, 2.45) is 11.8 Å². The van der Waals surface area contributed by atoms with Gasteiger partial charge in [0.15, 0.2) is 0 Å². The minimum absolute atomic E-state index is 0.196. The van der Waals surface area contributed by atoms with Gasteiger partial charge < -0.3 is 5.11 Å². The maximum Gasteiger partial charge on any atom is 0.303 e. The molecule has 3 rings (SSSR count). The number of aryl methyl sites for hydroxylation is 1. The van der Waals surface area contributed by atoms with Gasteiger partial charge >= 0.3 is 5.97 Å². The number of allylic oxidation sites excluding steroid dienone is 2. The first-order chi connectivity index (χ1) is 13.4. The van der Waals surface area contributed by atoms with Crippen LogP contribution in [-0.4, -0.2) is 36.6 Å². The number of thioether (sulfide) groups is 1. The minimum atomic E-state index is -3.73. The predicted molar refractivity (Wildman–Crippen MR) is 111 cm³/mol. The van der Waals surface area contributed by atoms with Gasteiger partial charge in [0.2, 0.25) is 0 Å². The Bertz CT molecular complexity index is 801. The van der Waals surface area contributed by atoms with E-state index in [2.05, 4.69) is 12.2 Å². The zero-order valence-corrected chi connectivity index (χ0v) is 17.8. The SMILES string of the molecule is Cc1ccc(S(=O)(=O)OC[C@H]2[C@@H](CC=CCCCC(=O)O)[C@H]3CC[C@@H]2S3)cc1. The molecule has 0 unspecified atom stereocenters. The highest BCUT2D eigenvalue weighted by molar-refractivity contribution is 8.01. The molecule has 2 aliphatic heterocycles. The summed E-state index contributed by atoms with van der Waals surface area (Å²) in [7, 11) is -3.73. The van der Waals surface area contributed by atoms with E-state index in [0.29, 0.717) is 22.8 Å². The van der Waals surface area contributed by atoms with Crippen molar-refractivity contribution < 1.29 is 22.5 Å². The lowest BCUT2D eigenvalue weighted by molar-refractivity contribution is -0.137. The lowest BCUT2D eigenvalue weighted by Crippen LogP contribution is -2.31. The van der Waals surface area contributed by atoms with Crippen molar-refractivity contribution in [2.45, 2.75) is 60.8 Å². The van der Waals surface area contributed by atoms with Gasteiger partial charge in [0.25, 0.3) is 10.1 Å². The highest BCUT2D eigenvalue weighted by Crippen LogP contribution is 2.54. The van der Waals surface area contributed by atoms with E-state index >= 15 is 0 Å². The summed E-state index contributed by atoms with van der Waals surface area (Å²) in [5.74, 6) is -0.0924. The van der Waals surface area contributed by atoms with Crippen molar-refractivity contribution >= 4 is 27.8 Å². The monoisotopic (exact) mass is 424 g/mol. The van der Waals surface area contributed by atoms with Gasteiger partial charge in [-0.25, -0.2) is 0 Å². The molecule has 28 heavy (non-hydrogen) atoms. The Kier molecular flexibility index (Phi) is 7.23. The van der Waals surface area contributed by atoms with Crippen molar-refractivity contribution in [2.75, 3.05) is 6.61 Å². The molecule has 1 aromatic carbocycles. The fourth-order valence-electron chi connectivity index (χ4n) is 4.11. The number of benzene rings is 1. The first kappa shape index (κ1) is 21.4. The van der Waals surface area contributed by atoms with Crippen LogP contribution in [0, 0.1) is 18.8 Å². The topological polar surface area (TPSA) is 80.7 Å². The summed E-state index contributed by atoms with van der Waals surface area (Å²) in [6.07, 6.45) is 9.03. The largest absolute Gasteiger partial charge is 0.481 e. The number of unbranched alkanes of at least 4 members (excludes halogenated alkanes) is 1. The molecule has 0 spiro atoms. The van der Waals surface area contributed by atoms with Gasteiger partial charge in [-0.15, -0.1) is 0 Å². The molecular weight excluding hydrogens is 396 g/mol. The molecule has 0 aliphatic carbocycles. The molecular formula is C21H28O5S2. The highest BCUT2D eigenvalue weighted by Gasteiger charge is 2.48. The van der Waals surface area contributed by atoms with Crippen LogP contribution >= 0.6 is 11.8 Å². The zero-order valence-electron chi connectivity index (χ0n) is 16.1. The van der Waals surface area contributed by atoms with Gasteiger partial charge in [-0.1, -0.05) is 29.8 Å². The number of aliphatic carboxylic acids is 1. The van der Waals surface area contributed by atoms with Crippen LogP contribution in [0.1, 0.15) is 44.1 Å². The Morgan fingerprint density at radius 2 is 1.86 bits per heavy atom. The molecule has 2 aliphatic rings. The molecule has 5 nitrogen and oxygen atoms in total. The van der Waals surface area contributed by atoms with Crippen LogP contribution in [0.25, 0.3) is 0 Å². The fraction of sp³-hybridized carbons (Fsp3) is 0.571. The minimum Gasteiger partial charge on any atom is -0.481 e. The number of rotatable bonds is 10. The molecule has 2 heterocycles. The number of hydrogen-bond acceptors (Lipinski definition) is 5. The lowest BCUT2D eigenvalue weighted by atomic mass is 9.78. The van der Waals surface area contributed by atoms with Gasteiger partial charge in [-0.2, -0.15) is 20.2 Å². The molecule has 2 saturated heterocycles. The van der Waals surface area contributed by atoms with Crippen molar-refractivity contribution in [3.8, 4) is 0 Å². The van der Waals surface area contributed by atoms with Crippen molar-refractivity contribution in [3.63, 3.8) is 0 Å². The van der Waals surface area contributed by atoms with E-state index in [9.17, 15) is 13.2 Å². The Labute approximate surface area is 171 Å². The number of carboxylic acid groups (broad SMARTS) is 1. The number of carbonyl (C=O) groups is 1. The highest BCUT2D eigenvalue weighted by atomic mass is 32.2. The average molecular weight is 425 g/mol. The van der Waals surface area contributed by atoms with Crippen molar-refractivity contribution in [1.29, 1.82) is 0 Å². The molecule has 2 fully saturated rings. The van der Waals surface area contributed by atoms with E-state index in [1.54, 1.807) is 24.3 Å². The van der Waals surface area contributed by atoms with Crippen LogP contribution in [0.2, 0.25) is 0 Å². The van der Waals surface area contributed by atoms with E-state index in [-0.39, 0.29) is 23.8 Å². The predicted octanol–water partition coefficient (Wildman–Crippen LogP) is 4.41. The third kappa shape index (κ3) is 5.39. The molecule has 1 N–H and O–H groups in total. The third-order valence-electron chi connectivity index (χ3n) is 5.65. The average Bonchev–Trinajstić information content (AvgIpc) is 3.24. The summed E-state index contributed by atoms with van der Waals surface area (Å²) < 4.78 is 30.5. The van der Waals surface area contributed by atoms with Gasteiger partial charge in [-0.05, 0) is 63.0 Å². The van der Waals surface area contributed by atoms with Crippen LogP contribution in [0.4, 0.5) is 0 Å². The van der Waals surface area contributed by atoms with E-state index in [1.807, 2.05) is 18.7 Å². The van der Waals surface area contributed by atoms with Crippen LogP contribution in [0.5, 0.6) is 0 Å². The summed E-state index contributed by atoms with van der Waals surface area (Å²) in [4.78, 5) is 10.8. The third-order valence-corrected chi connectivity index (χ3v) is 8.82. The zero-order chi connectivity index (χ0) is 20.1. The number of fused-ring (bicyclic) bond motifs is 2. The van der Waals surface area contributed by atoms with Crippen LogP contribution in [-0.2, 0) is 19.1 Å². The summed E-state index contributed by atoms with van der Waals surface area (Å²) in [6, 6.07) is 6.75. The molecule has 0 aromatic heterocycles. The lowest BCUT2D eigenvalue weighted by Gasteiger charge is -2.28. The van der Waals surface area contributed by atoms with E-state index in [4.69, 9.17) is 9.29 Å². The smallest absolute Gasteiger partial charge is 0.303 e. The number of carboxylic acids is 1. The summed E-state index contributed by atoms with van der Waals surface area (Å²) >= 11 is 1.98. The molecule has 0 radical (unpaired) electrons. The Hall–Kier alpha value is -1.31. The Morgan fingerprint density at radius 1 is 1.18 bits per heavy atom. The van der Waals surface area contributed by atoms with Gasteiger partial charge in [-0.3, -0.25) is 8.98 Å². The molecule has 0 saturated carbocycles. The second kappa shape index (κ2) is 9.46. The number of hydrogen-bond donors (Lipinski definition) is 1. The van der Waals surface area contributed by atoms with Gasteiger partial charge in [0, 0.05) is 16.9 Å². The summed E-state index contributed by atoms with van der Waals surface area (Å²) in [5, 5.41) is 9.73. The summed E-state index contributed by atoms with van der Waals surface area (Å²) in [5.41, 5.74) is 1.01. The Balaban J connectivity index is 1.55. The standard InChI is InChI=1S/C21H28O5S2/c1-15-8-10-16(11-9-15)28(24,25)26-14-18-17(19-12-13-20(18)27-19)6-4-2-3-5-7-21(22)23/h2,4,8-11,17-20H,3,5-7,12-14H2,1H3,(H,22,23)/t17-,18+,19-,20+/m1/s1. The molecule has 154 valence electrons. The van der Waals surface area contributed by atoms with Crippen LogP contribution < -0.4 is 0 Å². The molecule has 1 aromatic rings. The molecule has 0 amide bonds. The maximum absolute atomic E-state index is 12.5. The van der Waals surface area contributed by atoms with E-state index < -0.39 is 16.1 Å². The first-order valence-corrected chi connectivity index (χ1v) is 12.2. The Morgan fingerprint density at radius 3 is 2.54 bits per heavy atom. The first-order valence-electron chi connectivity index (χ1n) is 9.85. The normalized spacial score (nSPS) is 26.9. The summed E-state index contributed by atoms with van der Waals surface area (Å²) in [6.45, 7) is 2.16. The maximum atomic E-state index is 12.5. The second-order valence-electron chi connectivity index (χ2n) is 7.66. The van der Waals surface area contributed by atoms with E-state index in [0.717, 1.165) is 24.8 Å².